The molecule has 0 aromatic heterocycles. The molecule has 0 aliphatic heterocycles. The van der Waals surface area contributed by atoms with Gasteiger partial charge in [-0.25, -0.2) is 4.79 Å². The van der Waals surface area contributed by atoms with E-state index in [1.807, 2.05) is 0 Å². The topological polar surface area (TPSA) is 57.5 Å². The Hall–Kier alpha value is -1.17. The summed E-state index contributed by atoms with van der Waals surface area (Å²) in [4.78, 5) is 9.27. The van der Waals surface area contributed by atoms with Crippen molar-refractivity contribution in [3.05, 3.63) is 0 Å². The molecule has 0 bridgehead atoms. The van der Waals surface area contributed by atoms with Crippen LogP contribution in [0.1, 0.15) is 0 Å². The van der Waals surface area contributed by atoms with Crippen LogP contribution in [0, 0.1) is 12.0 Å². The third-order valence-corrected chi connectivity index (χ3v) is 0.163. The van der Waals surface area contributed by atoms with Crippen molar-refractivity contribution in [1.82, 2.24) is 0 Å². The van der Waals surface area contributed by atoms with Crippen LogP contribution in [0.4, 0.5) is 0 Å². The van der Waals surface area contributed by atoms with Gasteiger partial charge in [0, 0.05) is 0 Å². The molecule has 0 aliphatic carbocycles. The lowest BCUT2D eigenvalue weighted by Gasteiger charge is -1.62. The Morgan fingerprint density at radius 2 is 2.17 bits per heavy atom. The quantitative estimate of drug-likeness (QED) is 0.387. The molecule has 0 amide bonds. The molecule has 0 unspecified atom stereocenters. The van der Waals surface area contributed by atoms with Gasteiger partial charge in [0.25, 0.3) is 0 Å². The molecule has 0 saturated heterocycles. The van der Waals surface area contributed by atoms with Gasteiger partial charge in [0.15, 0.2) is 0 Å². The molecule has 3 heteroatoms. The number of carbonyl (C=O) groups is 1. The van der Waals surface area contributed by atoms with Gasteiger partial charge in [-0.3, -0.25) is 0 Å². The fourth-order valence-corrected chi connectivity index (χ4v) is 0.0478. The van der Waals surface area contributed by atoms with Crippen LogP contribution in [-0.2, 0) is 4.79 Å². The minimum Gasteiger partial charge on any atom is -0.472 e. The number of aliphatic carboxylic acids is 1. The molecule has 0 radical (unpaired) electrons. The average molecular weight is 86.0 g/mol. The Bertz CT molecular complexity index is 105. The van der Waals surface area contributed by atoms with Crippen molar-refractivity contribution in [3.63, 3.8) is 0 Å². The Labute approximate surface area is 34.2 Å². The zero-order valence-corrected chi connectivity index (χ0v) is 2.80. The summed E-state index contributed by atoms with van der Waals surface area (Å²) in [7, 11) is 0. The molecule has 0 rings (SSSR count). The van der Waals surface area contributed by atoms with Crippen LogP contribution in [0.15, 0.2) is 0 Å². The maximum Gasteiger partial charge on any atom is 0.385 e. The number of aliphatic hydroxyl groups excluding tert-OH is 1. The van der Waals surface area contributed by atoms with Crippen molar-refractivity contribution >= 4 is 5.97 Å². The van der Waals surface area contributed by atoms with E-state index >= 15 is 0 Å². The van der Waals surface area contributed by atoms with Gasteiger partial charge >= 0.3 is 5.97 Å². The van der Waals surface area contributed by atoms with Gasteiger partial charge in [0.1, 0.15) is 6.11 Å². The summed E-state index contributed by atoms with van der Waals surface area (Å²) in [6.07, 6.45) is 1.22. The molecule has 0 atom stereocenters. The largest absolute Gasteiger partial charge is 0.472 e. The highest BCUT2D eigenvalue weighted by molar-refractivity contribution is 5.85. The summed E-state index contributed by atoms with van der Waals surface area (Å²) >= 11 is 0. The minimum atomic E-state index is -1.32. The normalized spacial score (nSPS) is 5.33. The fraction of sp³-hybridized carbons (Fsp3) is 0. The summed E-state index contributed by atoms with van der Waals surface area (Å²) in [5.74, 6) is 0.109. The average Bonchev–Trinajstić information content (AvgIpc) is 1.35. The van der Waals surface area contributed by atoms with E-state index in [-0.39, 0.29) is 0 Å². The second kappa shape index (κ2) is 2.09. The standard InChI is InChI=1S/C3H2O3/c4-2-1-3(5)6/h4H,(H,5,6). The fourth-order valence-electron chi connectivity index (χ4n) is 0.0478. The van der Waals surface area contributed by atoms with Crippen LogP contribution in [-0.4, -0.2) is 16.2 Å². The summed E-state index contributed by atoms with van der Waals surface area (Å²) in [5, 5.41) is 15.1. The molecule has 3 nitrogen and oxygen atoms in total. The number of hydrogen-bond donors (Lipinski definition) is 2. The van der Waals surface area contributed by atoms with Crippen LogP contribution in [0.3, 0.4) is 0 Å². The number of aliphatic hydroxyl groups is 1. The lowest BCUT2D eigenvalue weighted by molar-refractivity contribution is -0.130. The first-order valence-electron chi connectivity index (χ1n) is 1.15. The monoisotopic (exact) mass is 86.0 g/mol. The van der Waals surface area contributed by atoms with Crippen molar-refractivity contribution in [3.8, 4) is 12.0 Å². The van der Waals surface area contributed by atoms with Crippen molar-refractivity contribution in [2.24, 2.45) is 0 Å². The van der Waals surface area contributed by atoms with E-state index in [4.69, 9.17) is 10.2 Å². The molecule has 0 heterocycles. The summed E-state index contributed by atoms with van der Waals surface area (Å²) in [5.41, 5.74) is 0. The summed E-state index contributed by atoms with van der Waals surface area (Å²) in [6, 6.07) is 0. The molecule has 0 aromatic rings. The van der Waals surface area contributed by atoms with E-state index in [0.717, 1.165) is 0 Å². The van der Waals surface area contributed by atoms with Gasteiger partial charge in [0.2, 0.25) is 0 Å². The summed E-state index contributed by atoms with van der Waals surface area (Å²) in [6.45, 7) is 0. The maximum atomic E-state index is 9.27. The number of carboxylic acids is 1. The molecular weight excluding hydrogens is 84.0 g/mol. The predicted octanol–water partition coefficient (Wildman–Crippen LogP) is -0.596. The van der Waals surface area contributed by atoms with E-state index in [0.29, 0.717) is 0 Å². The molecule has 0 aliphatic rings. The molecule has 6 heavy (non-hydrogen) atoms. The highest BCUT2D eigenvalue weighted by Crippen LogP contribution is 1.49. The van der Waals surface area contributed by atoms with Gasteiger partial charge in [-0.15, -0.1) is 0 Å². The highest BCUT2D eigenvalue weighted by atomic mass is 16.4. The van der Waals surface area contributed by atoms with Crippen molar-refractivity contribution < 1.29 is 15.0 Å². The first-order chi connectivity index (χ1) is 2.77. The van der Waals surface area contributed by atoms with Crippen LogP contribution in [0.5, 0.6) is 0 Å². The third-order valence-electron chi connectivity index (χ3n) is 0.163. The SMILES string of the molecule is O=C(O)C#CO. The molecule has 0 saturated carbocycles. The second-order valence-corrected chi connectivity index (χ2v) is 0.542. The van der Waals surface area contributed by atoms with Gasteiger partial charge in [-0.2, -0.15) is 0 Å². The highest BCUT2D eigenvalue weighted by Gasteiger charge is 1.78. The Morgan fingerprint density at radius 1 is 1.67 bits per heavy atom. The lowest BCUT2D eigenvalue weighted by Crippen LogP contribution is -1.85. The van der Waals surface area contributed by atoms with E-state index in [1.165, 1.54) is 12.0 Å². The van der Waals surface area contributed by atoms with Crippen LogP contribution in [0.25, 0.3) is 0 Å². The van der Waals surface area contributed by atoms with Gasteiger partial charge < -0.3 is 10.2 Å². The zero-order valence-electron chi connectivity index (χ0n) is 2.80. The Balaban J connectivity index is 3.50. The first kappa shape index (κ1) is 4.83. The summed E-state index contributed by atoms with van der Waals surface area (Å²) < 4.78 is 0. The number of rotatable bonds is 0. The van der Waals surface area contributed by atoms with Crippen molar-refractivity contribution in [2.45, 2.75) is 0 Å². The minimum absolute atomic E-state index is 1.22. The molecule has 32 valence electrons. The first-order valence-corrected chi connectivity index (χ1v) is 1.15. The van der Waals surface area contributed by atoms with E-state index in [9.17, 15) is 4.79 Å². The predicted molar refractivity (Wildman–Crippen MR) is 17.3 cm³/mol. The van der Waals surface area contributed by atoms with Crippen LogP contribution < -0.4 is 0 Å². The number of hydrogen-bond acceptors (Lipinski definition) is 2. The van der Waals surface area contributed by atoms with Crippen molar-refractivity contribution in [2.75, 3.05) is 0 Å². The zero-order chi connectivity index (χ0) is 4.99. The molecule has 0 aromatic carbocycles. The van der Waals surface area contributed by atoms with Gasteiger partial charge in [-0.1, -0.05) is 0 Å². The van der Waals surface area contributed by atoms with Gasteiger partial charge in [0.05, 0.1) is 5.92 Å². The number of carboxylic acid groups (broad SMARTS) is 1. The molecule has 2 N–H and O–H groups in total. The smallest absolute Gasteiger partial charge is 0.385 e. The van der Waals surface area contributed by atoms with Gasteiger partial charge in [-0.05, 0) is 0 Å². The molecule has 0 fully saturated rings. The molecular formula is C3H2O3. The van der Waals surface area contributed by atoms with Crippen LogP contribution in [0.2, 0.25) is 0 Å². The third kappa shape index (κ3) is 2.83. The van der Waals surface area contributed by atoms with Crippen LogP contribution >= 0.6 is 0 Å². The Morgan fingerprint density at radius 3 is 2.17 bits per heavy atom. The molecule has 0 spiro atoms. The van der Waals surface area contributed by atoms with E-state index in [1.54, 1.807) is 0 Å². The van der Waals surface area contributed by atoms with E-state index in [2.05, 4.69) is 0 Å². The second-order valence-electron chi connectivity index (χ2n) is 0.542. The lowest BCUT2D eigenvalue weighted by atomic mass is 10.7. The van der Waals surface area contributed by atoms with Crippen molar-refractivity contribution in [1.29, 1.82) is 0 Å². The van der Waals surface area contributed by atoms with E-state index < -0.39 is 5.97 Å². The maximum absolute atomic E-state index is 9.27. The Kier molecular flexibility index (Phi) is 1.68.